The quantitative estimate of drug-likeness (QED) is 0.445. The first-order valence-electron chi connectivity index (χ1n) is 10.5. The van der Waals surface area contributed by atoms with Gasteiger partial charge in [0.05, 0.1) is 17.1 Å². The van der Waals surface area contributed by atoms with E-state index in [4.69, 9.17) is 17.0 Å². The summed E-state index contributed by atoms with van der Waals surface area (Å²) in [4.78, 5) is 12.8. The van der Waals surface area contributed by atoms with Crippen molar-refractivity contribution in [1.29, 1.82) is 0 Å². The summed E-state index contributed by atoms with van der Waals surface area (Å²) in [6.07, 6.45) is 4.99. The first-order valence-corrected chi connectivity index (χ1v) is 13.1. The molecule has 0 heterocycles. The fourth-order valence-corrected chi connectivity index (χ4v) is 5.40. The van der Waals surface area contributed by atoms with Crippen molar-refractivity contribution in [2.24, 2.45) is 0 Å². The lowest BCUT2D eigenvalue weighted by Crippen LogP contribution is -2.36. The molecule has 2 aromatic rings. The summed E-state index contributed by atoms with van der Waals surface area (Å²) in [5.74, 6) is 0.0409. The molecule has 7 nitrogen and oxygen atoms in total. The average molecular weight is 541 g/mol. The normalized spacial score (nSPS) is 14.6. The van der Waals surface area contributed by atoms with Crippen LogP contribution in [-0.4, -0.2) is 32.1 Å². The molecule has 0 aromatic heterocycles. The standard InChI is InChI=1S/C22H26BrN3O4S2/c1-2-30-20-13-8-15(23)14-19(20)21(27)25-22(31)24-16-9-11-18(12-10-16)32(28,29)26-17-6-4-3-5-7-17/h8-14,17,26H,2-7H2,1H3,(H2,24,25,27,31). The fourth-order valence-electron chi connectivity index (χ4n) is 3.52. The molecule has 1 saturated carbocycles. The van der Waals surface area contributed by atoms with E-state index < -0.39 is 15.9 Å². The monoisotopic (exact) mass is 539 g/mol. The van der Waals surface area contributed by atoms with Crippen molar-refractivity contribution in [1.82, 2.24) is 10.0 Å². The highest BCUT2D eigenvalue weighted by molar-refractivity contribution is 9.10. The summed E-state index contributed by atoms with van der Waals surface area (Å²) in [7, 11) is -3.57. The number of nitrogens with one attached hydrogen (secondary N) is 3. The number of amides is 1. The third-order valence-corrected chi connectivity index (χ3v) is 7.30. The molecular weight excluding hydrogens is 514 g/mol. The van der Waals surface area contributed by atoms with Crippen molar-refractivity contribution >= 4 is 54.9 Å². The zero-order chi connectivity index (χ0) is 23.1. The third kappa shape index (κ3) is 6.74. The second-order valence-corrected chi connectivity index (χ2v) is 10.5. The van der Waals surface area contributed by atoms with Crippen molar-refractivity contribution in [2.45, 2.75) is 50.0 Å². The highest BCUT2D eigenvalue weighted by atomic mass is 79.9. The lowest BCUT2D eigenvalue weighted by Gasteiger charge is -2.22. The molecule has 0 saturated heterocycles. The van der Waals surface area contributed by atoms with Crippen molar-refractivity contribution in [3.63, 3.8) is 0 Å². The molecule has 0 bridgehead atoms. The van der Waals surface area contributed by atoms with Crippen LogP contribution in [0.25, 0.3) is 0 Å². The second-order valence-electron chi connectivity index (χ2n) is 7.46. The van der Waals surface area contributed by atoms with Gasteiger partial charge in [-0.05, 0) is 74.4 Å². The Kier molecular flexibility index (Phi) is 8.64. The van der Waals surface area contributed by atoms with Crippen LogP contribution >= 0.6 is 28.1 Å². The third-order valence-electron chi connectivity index (χ3n) is 5.06. The number of sulfonamides is 1. The van der Waals surface area contributed by atoms with Gasteiger partial charge in [-0.3, -0.25) is 10.1 Å². The van der Waals surface area contributed by atoms with E-state index >= 15 is 0 Å². The van der Waals surface area contributed by atoms with E-state index in [1.807, 2.05) is 6.92 Å². The summed E-state index contributed by atoms with van der Waals surface area (Å²) in [6, 6.07) is 11.4. The Bertz CT molecular complexity index is 1070. The van der Waals surface area contributed by atoms with Gasteiger partial charge in [0, 0.05) is 16.2 Å². The van der Waals surface area contributed by atoms with Gasteiger partial charge >= 0.3 is 0 Å². The van der Waals surface area contributed by atoms with Gasteiger partial charge in [0.1, 0.15) is 5.75 Å². The Morgan fingerprint density at radius 2 is 1.81 bits per heavy atom. The van der Waals surface area contributed by atoms with Crippen LogP contribution in [0.1, 0.15) is 49.4 Å². The highest BCUT2D eigenvalue weighted by Gasteiger charge is 2.22. The number of thiocarbonyl (C=S) groups is 1. The largest absolute Gasteiger partial charge is 0.493 e. The van der Waals surface area contributed by atoms with Gasteiger partial charge in [-0.1, -0.05) is 35.2 Å². The maximum absolute atomic E-state index is 12.6. The molecule has 1 amide bonds. The zero-order valence-electron chi connectivity index (χ0n) is 17.7. The fraction of sp³-hybridized carbons (Fsp3) is 0.364. The lowest BCUT2D eigenvalue weighted by molar-refractivity contribution is 0.0974. The van der Waals surface area contributed by atoms with Gasteiger partial charge in [0.15, 0.2) is 5.11 Å². The van der Waals surface area contributed by atoms with Crippen LogP contribution in [0.2, 0.25) is 0 Å². The smallest absolute Gasteiger partial charge is 0.261 e. The molecule has 0 radical (unpaired) electrons. The van der Waals surface area contributed by atoms with Gasteiger partial charge in [-0.2, -0.15) is 0 Å². The Morgan fingerprint density at radius 1 is 1.12 bits per heavy atom. The topological polar surface area (TPSA) is 96.5 Å². The molecular formula is C22H26BrN3O4S2. The van der Waals surface area contributed by atoms with E-state index in [0.29, 0.717) is 23.6 Å². The number of carbonyl (C=O) groups is 1. The van der Waals surface area contributed by atoms with Gasteiger partial charge in [0.25, 0.3) is 5.91 Å². The number of ether oxygens (including phenoxy) is 1. The summed E-state index contributed by atoms with van der Waals surface area (Å²) in [6.45, 7) is 2.26. The van der Waals surface area contributed by atoms with Crippen LogP contribution in [0.4, 0.5) is 5.69 Å². The molecule has 10 heteroatoms. The highest BCUT2D eigenvalue weighted by Crippen LogP contribution is 2.24. The maximum Gasteiger partial charge on any atom is 0.261 e. The average Bonchev–Trinajstić information content (AvgIpc) is 2.76. The zero-order valence-corrected chi connectivity index (χ0v) is 20.9. The first-order chi connectivity index (χ1) is 15.3. The number of hydrogen-bond acceptors (Lipinski definition) is 5. The van der Waals surface area contributed by atoms with Crippen LogP contribution in [0.3, 0.4) is 0 Å². The van der Waals surface area contributed by atoms with Crippen LogP contribution in [0.15, 0.2) is 51.8 Å². The molecule has 1 aliphatic carbocycles. The molecule has 0 aliphatic heterocycles. The number of anilines is 1. The van der Waals surface area contributed by atoms with E-state index in [0.717, 1.165) is 36.6 Å². The minimum Gasteiger partial charge on any atom is -0.493 e. The Morgan fingerprint density at radius 3 is 2.47 bits per heavy atom. The molecule has 172 valence electrons. The number of rotatable bonds is 7. The minimum atomic E-state index is -3.57. The van der Waals surface area contributed by atoms with Crippen molar-refractivity contribution in [2.75, 3.05) is 11.9 Å². The number of benzene rings is 2. The molecule has 1 aliphatic rings. The van der Waals surface area contributed by atoms with Crippen molar-refractivity contribution in [3.8, 4) is 5.75 Å². The molecule has 32 heavy (non-hydrogen) atoms. The SMILES string of the molecule is CCOc1ccc(Br)cc1C(=O)NC(=S)Nc1ccc(S(=O)(=O)NC2CCCCC2)cc1. The van der Waals surface area contributed by atoms with E-state index in [1.165, 1.54) is 12.1 Å². The number of halogens is 1. The van der Waals surface area contributed by atoms with Gasteiger partial charge in [0.2, 0.25) is 10.0 Å². The molecule has 3 rings (SSSR count). The first kappa shape index (κ1) is 24.6. The van der Waals surface area contributed by atoms with E-state index in [1.54, 1.807) is 30.3 Å². The minimum absolute atomic E-state index is 0.00561. The summed E-state index contributed by atoms with van der Waals surface area (Å²) >= 11 is 8.59. The van der Waals surface area contributed by atoms with E-state index in [9.17, 15) is 13.2 Å². The van der Waals surface area contributed by atoms with Gasteiger partial charge in [-0.25, -0.2) is 13.1 Å². The Balaban J connectivity index is 1.61. The molecule has 3 N–H and O–H groups in total. The van der Waals surface area contributed by atoms with E-state index in [-0.39, 0.29) is 16.0 Å². The Hall–Kier alpha value is -2.01. The summed E-state index contributed by atoms with van der Waals surface area (Å²) < 4.78 is 34.3. The predicted octanol–water partition coefficient (Wildman–Crippen LogP) is 4.59. The molecule has 0 unspecified atom stereocenters. The Labute approximate surface area is 202 Å². The van der Waals surface area contributed by atoms with Crippen LogP contribution in [0, 0.1) is 0 Å². The molecule has 1 fully saturated rings. The number of hydrogen-bond donors (Lipinski definition) is 3. The lowest BCUT2D eigenvalue weighted by atomic mass is 9.96. The van der Waals surface area contributed by atoms with Crippen molar-refractivity contribution in [3.05, 3.63) is 52.5 Å². The van der Waals surface area contributed by atoms with Crippen LogP contribution in [0.5, 0.6) is 5.75 Å². The number of carbonyl (C=O) groups excluding carboxylic acids is 1. The summed E-state index contributed by atoms with van der Waals surface area (Å²) in [5.41, 5.74) is 0.909. The maximum atomic E-state index is 12.6. The van der Waals surface area contributed by atoms with Crippen LogP contribution in [-0.2, 0) is 10.0 Å². The van der Waals surface area contributed by atoms with Gasteiger partial charge < -0.3 is 10.1 Å². The molecule has 0 atom stereocenters. The molecule has 2 aromatic carbocycles. The van der Waals surface area contributed by atoms with Gasteiger partial charge in [-0.15, -0.1) is 0 Å². The van der Waals surface area contributed by atoms with E-state index in [2.05, 4.69) is 31.3 Å². The summed E-state index contributed by atoms with van der Waals surface area (Å²) in [5, 5.41) is 5.61. The van der Waals surface area contributed by atoms with Crippen molar-refractivity contribution < 1.29 is 17.9 Å². The second kappa shape index (κ2) is 11.2. The van der Waals surface area contributed by atoms with Crippen LogP contribution < -0.4 is 20.1 Å². The predicted molar refractivity (Wildman–Crippen MR) is 133 cm³/mol. The molecule has 0 spiro atoms.